The highest BCUT2D eigenvalue weighted by Crippen LogP contribution is 2.41. The number of alkyl carbamates (subject to hydrolysis) is 1. The van der Waals surface area contributed by atoms with E-state index in [-0.39, 0.29) is 50.5 Å². The van der Waals surface area contributed by atoms with Gasteiger partial charge < -0.3 is 35.3 Å². The van der Waals surface area contributed by atoms with Crippen LogP contribution in [0.2, 0.25) is 0 Å². The second-order valence-corrected chi connectivity index (χ2v) is 15.0. The Kier molecular flexibility index (Phi) is 11.5. The first kappa shape index (κ1) is 36.8. The lowest BCUT2D eigenvalue weighted by atomic mass is 9.85. The lowest BCUT2D eigenvalue weighted by Crippen LogP contribution is -2.56. The lowest BCUT2D eigenvalue weighted by Gasteiger charge is -2.35. The predicted molar refractivity (Wildman–Crippen MR) is 178 cm³/mol. The molecule has 2 aliphatic rings. The van der Waals surface area contributed by atoms with Gasteiger partial charge >= 0.3 is 6.09 Å². The molecule has 1 saturated carbocycles. The first-order chi connectivity index (χ1) is 22.5. The maximum absolute atomic E-state index is 14.5. The fourth-order valence-corrected chi connectivity index (χ4v) is 5.71. The summed E-state index contributed by atoms with van der Waals surface area (Å²) in [4.78, 5) is 63.1. The van der Waals surface area contributed by atoms with Gasteiger partial charge in [0.2, 0.25) is 5.91 Å². The molecular weight excluding hydrogens is 619 g/mol. The molecule has 1 aliphatic carbocycles. The Morgan fingerprint density at radius 2 is 1.79 bits per heavy atom. The van der Waals surface area contributed by atoms with Crippen molar-refractivity contribution in [3.05, 3.63) is 53.6 Å². The van der Waals surface area contributed by atoms with Crippen LogP contribution < -0.4 is 10.6 Å². The number of aryl methyl sites for hydroxylation is 1. The number of nitrogens with one attached hydrogen (secondary N) is 3. The molecule has 1 aromatic heterocycles. The number of hydrogen-bond donors (Lipinski definition) is 4. The third kappa shape index (κ3) is 10.0. The van der Waals surface area contributed by atoms with E-state index in [0.29, 0.717) is 12.4 Å². The first-order valence-electron chi connectivity index (χ1n) is 16.8. The zero-order valence-corrected chi connectivity index (χ0v) is 29.0. The second kappa shape index (κ2) is 15.0. The van der Waals surface area contributed by atoms with Crippen LogP contribution in [0.1, 0.15) is 102 Å². The van der Waals surface area contributed by atoms with Gasteiger partial charge in [0.05, 0.1) is 18.3 Å². The molecule has 2 heterocycles. The van der Waals surface area contributed by atoms with Crippen molar-refractivity contribution in [3.8, 4) is 0 Å². The van der Waals surface area contributed by atoms with Crippen molar-refractivity contribution in [1.29, 1.82) is 0 Å². The third-order valence-corrected chi connectivity index (χ3v) is 8.51. The SMILES string of the molecule is CC(C)(C)OC(=O)NCCN(CCCCc1ccccc1)C(=O)c1cnc([C@@H]2C[C@@H](O)CN2C(=O)[C@@H](NC(=O)C2(F)CC2)C(C)(C)C)[nH]1. The van der Waals surface area contributed by atoms with Crippen molar-refractivity contribution in [2.45, 2.75) is 110 Å². The van der Waals surface area contributed by atoms with Gasteiger partial charge in [-0.05, 0) is 63.9 Å². The molecular formula is C35H51FN6O6. The van der Waals surface area contributed by atoms with E-state index in [2.05, 4.69) is 32.7 Å². The number of unbranched alkanes of at least 4 members (excludes halogenated alkanes) is 1. The van der Waals surface area contributed by atoms with Crippen LogP contribution in [0, 0.1) is 5.41 Å². The third-order valence-electron chi connectivity index (χ3n) is 8.51. The smallest absolute Gasteiger partial charge is 0.407 e. The normalized spacial score (nSPS) is 19.4. The van der Waals surface area contributed by atoms with Gasteiger partial charge in [-0.2, -0.15) is 0 Å². The summed E-state index contributed by atoms with van der Waals surface area (Å²) in [7, 11) is 0. The largest absolute Gasteiger partial charge is 0.444 e. The highest BCUT2D eigenvalue weighted by molar-refractivity contribution is 5.94. The number of carbonyl (C=O) groups is 4. The Hall–Kier alpha value is -4.00. The molecule has 1 aliphatic heterocycles. The number of ether oxygens (including phenoxy) is 1. The summed E-state index contributed by atoms with van der Waals surface area (Å²) < 4.78 is 19.9. The summed E-state index contributed by atoms with van der Waals surface area (Å²) >= 11 is 0. The van der Waals surface area contributed by atoms with Crippen molar-refractivity contribution in [2.75, 3.05) is 26.2 Å². The highest BCUT2D eigenvalue weighted by atomic mass is 19.1. The molecule has 2 fully saturated rings. The van der Waals surface area contributed by atoms with Crippen molar-refractivity contribution in [3.63, 3.8) is 0 Å². The quantitative estimate of drug-likeness (QED) is 0.234. The lowest BCUT2D eigenvalue weighted by molar-refractivity contribution is -0.142. The summed E-state index contributed by atoms with van der Waals surface area (Å²) in [6.07, 6.45) is 2.85. The molecule has 48 heavy (non-hydrogen) atoms. The van der Waals surface area contributed by atoms with Gasteiger partial charge in [-0.25, -0.2) is 14.2 Å². The highest BCUT2D eigenvalue weighted by Gasteiger charge is 2.53. The van der Waals surface area contributed by atoms with Crippen molar-refractivity contribution < 1.29 is 33.4 Å². The molecule has 1 aromatic carbocycles. The first-order valence-corrected chi connectivity index (χ1v) is 16.8. The Labute approximate surface area is 282 Å². The van der Waals surface area contributed by atoms with Crippen molar-refractivity contribution in [2.24, 2.45) is 5.41 Å². The molecule has 0 bridgehead atoms. The Morgan fingerprint density at radius 1 is 1.10 bits per heavy atom. The number of aromatic amines is 1. The maximum Gasteiger partial charge on any atom is 0.407 e. The Morgan fingerprint density at radius 3 is 2.42 bits per heavy atom. The number of alkyl halides is 1. The Bertz CT molecular complexity index is 1430. The van der Waals surface area contributed by atoms with Gasteiger partial charge in [-0.1, -0.05) is 51.1 Å². The number of amides is 4. The van der Waals surface area contributed by atoms with Crippen LogP contribution in [-0.4, -0.2) is 98.3 Å². The number of β-amino-alcohol motifs (C(OH)–C–C–N with tert-alkyl or cyclic N) is 1. The van der Waals surface area contributed by atoms with Crippen molar-refractivity contribution >= 4 is 23.8 Å². The van der Waals surface area contributed by atoms with Crippen molar-refractivity contribution in [1.82, 2.24) is 30.4 Å². The second-order valence-electron chi connectivity index (χ2n) is 15.0. The summed E-state index contributed by atoms with van der Waals surface area (Å²) in [5.74, 6) is -1.27. The standard InChI is InChI=1S/C35H51FN6O6/c1-33(2,3)27(40-31(46)35(36)15-16-35)30(45)42-22-24(43)20-26(42)28-38-21-25(39-28)29(44)41(19-17-37-32(47)48-34(4,5)6)18-11-10-14-23-12-8-7-9-13-23/h7-9,12-13,21,24,26-27,43H,10-11,14-20,22H2,1-6H3,(H,37,47)(H,38,39)(H,40,46)/t24-,26+,27-/m1/s1. The number of aliphatic hydroxyl groups is 1. The fraction of sp³-hybridized carbons (Fsp3) is 0.629. The van der Waals surface area contributed by atoms with Gasteiger partial charge in [-0.3, -0.25) is 14.4 Å². The molecule has 4 N–H and O–H groups in total. The molecule has 1 saturated heterocycles. The van der Waals surface area contributed by atoms with E-state index in [1.807, 2.05) is 18.2 Å². The molecule has 12 nitrogen and oxygen atoms in total. The van der Waals surface area contributed by atoms with E-state index in [1.54, 1.807) is 46.4 Å². The molecule has 4 amide bonds. The summed E-state index contributed by atoms with van der Waals surface area (Å²) in [6, 6.07) is 8.36. The maximum atomic E-state index is 14.5. The van der Waals surface area contributed by atoms with Crippen LogP contribution in [0.3, 0.4) is 0 Å². The number of nitrogens with zero attached hydrogens (tertiary/aromatic N) is 3. The minimum atomic E-state index is -1.94. The molecule has 4 rings (SSSR count). The molecule has 0 spiro atoms. The average Bonchev–Trinajstić information content (AvgIpc) is 3.39. The van der Waals surface area contributed by atoms with Gasteiger partial charge in [0.25, 0.3) is 11.8 Å². The van der Waals surface area contributed by atoms with E-state index < -0.39 is 52.8 Å². The van der Waals surface area contributed by atoms with Crippen LogP contribution in [0.4, 0.5) is 9.18 Å². The minimum absolute atomic E-state index is 0.000568. The fourth-order valence-electron chi connectivity index (χ4n) is 5.71. The zero-order chi connectivity index (χ0) is 35.3. The van der Waals surface area contributed by atoms with E-state index in [1.165, 1.54) is 16.7 Å². The van der Waals surface area contributed by atoms with Gasteiger partial charge in [0.15, 0.2) is 5.67 Å². The Balaban J connectivity index is 1.46. The number of carbonyl (C=O) groups excluding carboxylic acids is 4. The number of rotatable bonds is 13. The van der Waals surface area contributed by atoms with Gasteiger partial charge in [0.1, 0.15) is 23.2 Å². The van der Waals surface area contributed by atoms with Crippen LogP contribution in [0.15, 0.2) is 36.5 Å². The molecule has 2 aromatic rings. The molecule has 3 atom stereocenters. The van der Waals surface area contributed by atoms with Crippen LogP contribution in [0.25, 0.3) is 0 Å². The molecule has 13 heteroatoms. The summed E-state index contributed by atoms with van der Waals surface area (Å²) in [5, 5.41) is 15.9. The minimum Gasteiger partial charge on any atom is -0.444 e. The van der Waals surface area contributed by atoms with E-state index in [0.717, 1.165) is 19.3 Å². The van der Waals surface area contributed by atoms with Crippen LogP contribution in [-0.2, 0) is 20.7 Å². The number of H-pyrrole nitrogens is 1. The van der Waals surface area contributed by atoms with Gasteiger partial charge in [-0.15, -0.1) is 0 Å². The molecule has 0 radical (unpaired) electrons. The number of halogens is 1. The van der Waals surface area contributed by atoms with Crippen LogP contribution >= 0.6 is 0 Å². The number of benzene rings is 1. The average molecular weight is 671 g/mol. The number of aliphatic hydroxyl groups excluding tert-OH is 1. The van der Waals surface area contributed by atoms with E-state index in [9.17, 15) is 28.7 Å². The number of imidazole rings is 1. The molecule has 0 unspecified atom stereocenters. The number of likely N-dealkylation sites (tertiary alicyclic amines) is 1. The van der Waals surface area contributed by atoms with E-state index >= 15 is 0 Å². The molecule has 264 valence electrons. The summed E-state index contributed by atoms with van der Waals surface area (Å²) in [6.45, 7) is 11.5. The predicted octanol–water partition coefficient (Wildman–Crippen LogP) is 4.07. The monoisotopic (exact) mass is 670 g/mol. The van der Waals surface area contributed by atoms with E-state index in [4.69, 9.17) is 4.74 Å². The van der Waals surface area contributed by atoms with Gasteiger partial charge in [0, 0.05) is 32.6 Å². The zero-order valence-electron chi connectivity index (χ0n) is 29.0. The number of aromatic nitrogens is 2. The summed E-state index contributed by atoms with van der Waals surface area (Å²) in [5.41, 5.74) is -1.93. The van der Waals surface area contributed by atoms with Crippen LogP contribution in [0.5, 0.6) is 0 Å². The number of hydrogen-bond acceptors (Lipinski definition) is 7. The topological polar surface area (TPSA) is 157 Å².